The molecule has 2 rings (SSSR count). The van der Waals surface area contributed by atoms with Crippen LogP contribution in [-0.2, 0) is 6.54 Å². The SMILES string of the molecule is C#CCn1ncc(NCCC2=CCCC2)c(Br)c1=O. The normalized spacial score (nSPS) is 14.0. The third-order valence-electron chi connectivity index (χ3n) is 3.12. The number of nitrogens with zero attached hydrogens (tertiary/aromatic N) is 2. The highest BCUT2D eigenvalue weighted by atomic mass is 79.9. The van der Waals surface area contributed by atoms with Crippen LogP contribution in [0.2, 0.25) is 0 Å². The van der Waals surface area contributed by atoms with Gasteiger partial charge < -0.3 is 5.32 Å². The summed E-state index contributed by atoms with van der Waals surface area (Å²) in [7, 11) is 0. The minimum Gasteiger partial charge on any atom is -0.382 e. The van der Waals surface area contributed by atoms with Crippen molar-refractivity contribution in [1.29, 1.82) is 0 Å². The molecule has 0 amide bonds. The zero-order chi connectivity index (χ0) is 13.7. The Balaban J connectivity index is 1.99. The summed E-state index contributed by atoms with van der Waals surface area (Å²) >= 11 is 3.30. The van der Waals surface area contributed by atoms with Gasteiger partial charge in [-0.15, -0.1) is 6.42 Å². The van der Waals surface area contributed by atoms with Gasteiger partial charge in [-0.2, -0.15) is 5.10 Å². The molecule has 0 unspecified atom stereocenters. The molecule has 0 bridgehead atoms. The molecule has 0 atom stereocenters. The Morgan fingerprint density at radius 3 is 3.11 bits per heavy atom. The Bertz CT molecular complexity index is 583. The topological polar surface area (TPSA) is 46.9 Å². The van der Waals surface area contributed by atoms with Gasteiger partial charge >= 0.3 is 0 Å². The van der Waals surface area contributed by atoms with Gasteiger partial charge in [0, 0.05) is 6.54 Å². The summed E-state index contributed by atoms with van der Waals surface area (Å²) in [5.74, 6) is 2.40. The van der Waals surface area contributed by atoms with Crippen molar-refractivity contribution in [2.75, 3.05) is 11.9 Å². The molecule has 1 N–H and O–H groups in total. The first-order valence-electron chi connectivity index (χ1n) is 6.33. The molecule has 1 aromatic rings. The van der Waals surface area contributed by atoms with E-state index >= 15 is 0 Å². The van der Waals surface area contributed by atoms with Crippen molar-refractivity contribution in [3.05, 3.63) is 32.7 Å². The van der Waals surface area contributed by atoms with Crippen LogP contribution in [0.3, 0.4) is 0 Å². The van der Waals surface area contributed by atoms with Crippen LogP contribution in [0.5, 0.6) is 0 Å². The zero-order valence-corrected chi connectivity index (χ0v) is 12.2. The van der Waals surface area contributed by atoms with Gasteiger partial charge in [-0.1, -0.05) is 17.6 Å². The molecule has 0 saturated heterocycles. The van der Waals surface area contributed by atoms with E-state index in [1.54, 1.807) is 6.20 Å². The number of terminal acetylenes is 1. The monoisotopic (exact) mass is 321 g/mol. The quantitative estimate of drug-likeness (QED) is 0.669. The number of nitrogens with one attached hydrogen (secondary N) is 1. The van der Waals surface area contributed by atoms with Gasteiger partial charge in [0.05, 0.1) is 11.9 Å². The van der Waals surface area contributed by atoms with E-state index in [1.165, 1.54) is 29.5 Å². The molecule has 0 spiro atoms. The molecule has 1 heterocycles. The second-order valence-corrected chi connectivity index (χ2v) is 5.26. The van der Waals surface area contributed by atoms with Gasteiger partial charge in [0.25, 0.3) is 5.56 Å². The van der Waals surface area contributed by atoms with Gasteiger partial charge in [0.1, 0.15) is 11.0 Å². The van der Waals surface area contributed by atoms with Gasteiger partial charge in [-0.3, -0.25) is 4.79 Å². The van der Waals surface area contributed by atoms with Crippen LogP contribution in [0.15, 0.2) is 27.1 Å². The fourth-order valence-corrected chi connectivity index (χ4v) is 2.56. The molecular formula is C14H16BrN3O. The van der Waals surface area contributed by atoms with Crippen LogP contribution in [0, 0.1) is 12.3 Å². The summed E-state index contributed by atoms with van der Waals surface area (Å²) in [4.78, 5) is 11.9. The van der Waals surface area contributed by atoms with Crippen LogP contribution in [-0.4, -0.2) is 16.3 Å². The lowest BCUT2D eigenvalue weighted by atomic mass is 10.2. The molecular weight excluding hydrogens is 306 g/mol. The molecule has 0 fully saturated rings. The van der Waals surface area contributed by atoms with Crippen molar-refractivity contribution in [2.45, 2.75) is 32.2 Å². The molecule has 4 nitrogen and oxygen atoms in total. The Kier molecular flexibility index (Phi) is 4.80. The first-order valence-corrected chi connectivity index (χ1v) is 7.12. The summed E-state index contributed by atoms with van der Waals surface area (Å²) in [5.41, 5.74) is 2.01. The van der Waals surface area contributed by atoms with Crippen molar-refractivity contribution in [3.8, 4) is 12.3 Å². The average molecular weight is 322 g/mol. The molecule has 1 aliphatic rings. The van der Waals surface area contributed by atoms with Crippen LogP contribution in [0.25, 0.3) is 0 Å². The minimum absolute atomic E-state index is 0.185. The summed E-state index contributed by atoms with van der Waals surface area (Å²) in [6.45, 7) is 0.995. The van der Waals surface area contributed by atoms with E-state index in [2.05, 4.69) is 38.3 Å². The maximum atomic E-state index is 11.9. The summed E-state index contributed by atoms with van der Waals surface area (Å²) in [6.07, 6.45) is 13.8. The predicted molar refractivity (Wildman–Crippen MR) is 80.1 cm³/mol. The number of anilines is 1. The highest BCUT2D eigenvalue weighted by Crippen LogP contribution is 2.21. The number of hydrogen-bond acceptors (Lipinski definition) is 3. The van der Waals surface area contributed by atoms with E-state index in [4.69, 9.17) is 6.42 Å². The number of halogens is 1. The van der Waals surface area contributed by atoms with Crippen LogP contribution >= 0.6 is 15.9 Å². The second-order valence-electron chi connectivity index (χ2n) is 4.47. The summed E-state index contributed by atoms with van der Waals surface area (Å²) < 4.78 is 1.74. The van der Waals surface area contributed by atoms with Crippen LogP contribution in [0.4, 0.5) is 5.69 Å². The fraction of sp³-hybridized carbons (Fsp3) is 0.429. The second kappa shape index (κ2) is 6.58. The Hall–Kier alpha value is -1.54. The molecule has 0 radical (unpaired) electrons. The van der Waals surface area contributed by atoms with Crippen molar-refractivity contribution in [1.82, 2.24) is 9.78 Å². The van der Waals surface area contributed by atoms with Gasteiger partial charge in [-0.05, 0) is 41.6 Å². The van der Waals surface area contributed by atoms with E-state index in [0.717, 1.165) is 18.7 Å². The minimum atomic E-state index is -0.206. The van der Waals surface area contributed by atoms with E-state index in [0.29, 0.717) is 4.47 Å². The maximum Gasteiger partial charge on any atom is 0.284 e. The molecule has 5 heteroatoms. The van der Waals surface area contributed by atoms with Crippen molar-refractivity contribution in [3.63, 3.8) is 0 Å². The summed E-state index contributed by atoms with van der Waals surface area (Å²) in [5, 5.41) is 7.27. The Morgan fingerprint density at radius 1 is 1.58 bits per heavy atom. The molecule has 1 aromatic heterocycles. The highest BCUT2D eigenvalue weighted by molar-refractivity contribution is 9.10. The molecule has 0 aromatic carbocycles. The predicted octanol–water partition coefficient (Wildman–Crippen LogP) is 2.55. The van der Waals surface area contributed by atoms with Crippen molar-refractivity contribution >= 4 is 21.6 Å². The van der Waals surface area contributed by atoms with Crippen molar-refractivity contribution in [2.24, 2.45) is 0 Å². The zero-order valence-electron chi connectivity index (χ0n) is 10.7. The van der Waals surface area contributed by atoms with E-state index in [1.807, 2.05) is 0 Å². The first kappa shape index (κ1) is 13.9. The number of rotatable bonds is 5. The van der Waals surface area contributed by atoms with Crippen LogP contribution < -0.4 is 10.9 Å². The molecule has 0 saturated carbocycles. The number of hydrogen-bond donors (Lipinski definition) is 1. The van der Waals surface area contributed by atoms with Gasteiger partial charge in [0.15, 0.2) is 0 Å². The standard InChI is InChI=1S/C14H16BrN3O/c1-2-9-18-14(19)13(15)12(10-17-18)16-8-7-11-5-3-4-6-11/h1,5,10,16H,3-4,6-9H2. The number of allylic oxidation sites excluding steroid dienone is 1. The van der Waals surface area contributed by atoms with Crippen molar-refractivity contribution < 1.29 is 0 Å². The van der Waals surface area contributed by atoms with Gasteiger partial charge in [0.2, 0.25) is 0 Å². The highest BCUT2D eigenvalue weighted by Gasteiger charge is 2.09. The molecule has 100 valence electrons. The Morgan fingerprint density at radius 2 is 2.42 bits per heavy atom. The first-order chi connectivity index (χ1) is 9.22. The largest absolute Gasteiger partial charge is 0.382 e. The smallest absolute Gasteiger partial charge is 0.284 e. The maximum absolute atomic E-state index is 11.9. The third kappa shape index (κ3) is 3.48. The lowest BCUT2D eigenvalue weighted by Gasteiger charge is -2.09. The van der Waals surface area contributed by atoms with E-state index in [9.17, 15) is 4.79 Å². The van der Waals surface area contributed by atoms with Crippen LogP contribution in [0.1, 0.15) is 25.7 Å². The summed E-state index contributed by atoms with van der Waals surface area (Å²) in [6, 6.07) is 0. The lowest BCUT2D eigenvalue weighted by Crippen LogP contribution is -2.24. The van der Waals surface area contributed by atoms with E-state index < -0.39 is 0 Å². The Labute approximate surface area is 121 Å². The average Bonchev–Trinajstić information content (AvgIpc) is 2.91. The lowest BCUT2D eigenvalue weighted by molar-refractivity contribution is 0.659. The molecule has 1 aliphatic carbocycles. The molecule has 0 aliphatic heterocycles. The third-order valence-corrected chi connectivity index (χ3v) is 3.89. The fourth-order valence-electron chi connectivity index (χ4n) is 2.11. The number of aromatic nitrogens is 2. The van der Waals surface area contributed by atoms with E-state index in [-0.39, 0.29) is 12.1 Å². The molecule has 19 heavy (non-hydrogen) atoms. The van der Waals surface area contributed by atoms with Gasteiger partial charge in [-0.25, -0.2) is 4.68 Å².